The van der Waals surface area contributed by atoms with Crippen LogP contribution >= 0.6 is 0 Å². The van der Waals surface area contributed by atoms with Crippen molar-refractivity contribution >= 4 is 23.2 Å². The van der Waals surface area contributed by atoms with Crippen molar-refractivity contribution in [1.82, 2.24) is 5.32 Å². The standard InChI is InChI=1S/C20H32N4O2/c1-15(2)21-19(25)13-23(4)14-20(26)22-17-5-7-18(8-6-17)24-11-9-16(3)10-12-24/h5-8,15-16H,9-14H2,1-4H3,(H,21,25)(H,22,26)/p+1. The summed E-state index contributed by atoms with van der Waals surface area (Å²) in [5.74, 6) is 0.691. The molecule has 6 nitrogen and oxygen atoms in total. The summed E-state index contributed by atoms with van der Waals surface area (Å²) in [6.45, 7) is 8.90. The molecule has 0 aliphatic carbocycles. The molecule has 1 unspecified atom stereocenters. The van der Waals surface area contributed by atoms with Gasteiger partial charge in [-0.1, -0.05) is 6.92 Å². The zero-order valence-electron chi connectivity index (χ0n) is 16.5. The topological polar surface area (TPSA) is 65.9 Å². The Bertz CT molecular complexity index is 592. The molecule has 0 bridgehead atoms. The lowest BCUT2D eigenvalue weighted by Gasteiger charge is -2.32. The van der Waals surface area contributed by atoms with Gasteiger partial charge < -0.3 is 20.4 Å². The lowest BCUT2D eigenvalue weighted by atomic mass is 9.99. The predicted molar refractivity (Wildman–Crippen MR) is 106 cm³/mol. The number of nitrogens with zero attached hydrogens (tertiary/aromatic N) is 1. The molecular formula is C20H33N4O2+. The fourth-order valence-corrected chi connectivity index (χ4v) is 3.21. The van der Waals surface area contributed by atoms with Gasteiger partial charge in [-0.3, -0.25) is 9.59 Å². The fraction of sp³-hybridized carbons (Fsp3) is 0.600. The van der Waals surface area contributed by atoms with E-state index >= 15 is 0 Å². The van der Waals surface area contributed by atoms with Crippen LogP contribution in [-0.2, 0) is 9.59 Å². The van der Waals surface area contributed by atoms with Gasteiger partial charge in [-0.2, -0.15) is 0 Å². The second-order valence-electron chi connectivity index (χ2n) is 7.80. The van der Waals surface area contributed by atoms with Crippen molar-refractivity contribution in [2.75, 3.05) is 43.4 Å². The van der Waals surface area contributed by atoms with E-state index in [0.29, 0.717) is 0 Å². The van der Waals surface area contributed by atoms with E-state index in [4.69, 9.17) is 0 Å². The summed E-state index contributed by atoms with van der Waals surface area (Å²) in [5, 5.41) is 5.75. The number of amides is 2. The van der Waals surface area contributed by atoms with Crippen LogP contribution in [0.15, 0.2) is 24.3 Å². The molecular weight excluding hydrogens is 328 g/mol. The van der Waals surface area contributed by atoms with Gasteiger partial charge in [-0.25, -0.2) is 0 Å². The van der Waals surface area contributed by atoms with Gasteiger partial charge in [0.05, 0.1) is 7.05 Å². The second kappa shape index (κ2) is 9.57. The summed E-state index contributed by atoms with van der Waals surface area (Å²) >= 11 is 0. The van der Waals surface area contributed by atoms with Gasteiger partial charge in [-0.15, -0.1) is 0 Å². The van der Waals surface area contributed by atoms with Crippen LogP contribution in [0.5, 0.6) is 0 Å². The summed E-state index contributed by atoms with van der Waals surface area (Å²) in [6.07, 6.45) is 2.47. The molecule has 6 heteroatoms. The highest BCUT2D eigenvalue weighted by Crippen LogP contribution is 2.24. The minimum absolute atomic E-state index is 0.0366. The molecule has 1 heterocycles. The van der Waals surface area contributed by atoms with Gasteiger partial charge in [-0.05, 0) is 56.9 Å². The maximum atomic E-state index is 12.2. The normalized spacial score (nSPS) is 16.4. The third-order valence-electron chi connectivity index (χ3n) is 4.67. The van der Waals surface area contributed by atoms with E-state index < -0.39 is 0 Å². The van der Waals surface area contributed by atoms with Crippen molar-refractivity contribution in [2.45, 2.75) is 39.7 Å². The average Bonchev–Trinajstić information content (AvgIpc) is 2.55. The number of carbonyl (C=O) groups excluding carboxylic acids is 2. The molecule has 0 radical (unpaired) electrons. The van der Waals surface area contributed by atoms with Crippen molar-refractivity contribution in [2.24, 2.45) is 5.92 Å². The van der Waals surface area contributed by atoms with Gasteiger partial charge in [0.2, 0.25) is 0 Å². The van der Waals surface area contributed by atoms with E-state index in [1.54, 1.807) is 0 Å². The number of benzene rings is 1. The summed E-state index contributed by atoms with van der Waals surface area (Å²) in [7, 11) is 1.85. The van der Waals surface area contributed by atoms with Crippen LogP contribution in [0.4, 0.5) is 11.4 Å². The number of hydrogen-bond donors (Lipinski definition) is 3. The Balaban J connectivity index is 1.79. The first-order valence-electron chi connectivity index (χ1n) is 9.59. The van der Waals surface area contributed by atoms with Crippen LogP contribution in [0, 0.1) is 5.92 Å². The molecule has 2 rings (SSSR count). The van der Waals surface area contributed by atoms with Crippen molar-refractivity contribution < 1.29 is 14.5 Å². The third-order valence-corrected chi connectivity index (χ3v) is 4.67. The third kappa shape index (κ3) is 6.67. The van der Waals surface area contributed by atoms with Gasteiger partial charge in [0, 0.05) is 30.5 Å². The van der Waals surface area contributed by atoms with Crippen LogP contribution in [-0.4, -0.2) is 51.1 Å². The highest BCUT2D eigenvalue weighted by atomic mass is 16.2. The minimum atomic E-state index is -0.0839. The average molecular weight is 362 g/mol. The van der Waals surface area contributed by atoms with Gasteiger partial charge in [0.15, 0.2) is 13.1 Å². The van der Waals surface area contributed by atoms with Gasteiger partial charge >= 0.3 is 0 Å². The Kier molecular flexibility index (Phi) is 7.45. The van der Waals surface area contributed by atoms with E-state index in [1.165, 1.54) is 18.5 Å². The van der Waals surface area contributed by atoms with Crippen LogP contribution in [0.2, 0.25) is 0 Å². The number of hydrogen-bond acceptors (Lipinski definition) is 3. The minimum Gasteiger partial charge on any atom is -0.372 e. The van der Waals surface area contributed by atoms with E-state index in [2.05, 4.69) is 34.6 Å². The Hall–Kier alpha value is -2.08. The number of likely N-dealkylation sites (N-methyl/N-ethyl adjacent to an activating group) is 1. The number of piperidine rings is 1. The summed E-state index contributed by atoms with van der Waals surface area (Å²) in [5.41, 5.74) is 2.01. The zero-order chi connectivity index (χ0) is 19.1. The zero-order valence-corrected chi connectivity index (χ0v) is 16.5. The van der Waals surface area contributed by atoms with E-state index in [1.807, 2.05) is 33.0 Å². The molecule has 1 aliphatic rings. The number of quaternary nitrogens is 1. The molecule has 1 fully saturated rings. The Morgan fingerprint density at radius 2 is 1.69 bits per heavy atom. The SMILES string of the molecule is CC1CCN(c2ccc(NC(=O)C[NH+](C)CC(=O)NC(C)C)cc2)CC1. The van der Waals surface area contributed by atoms with Gasteiger partial charge in [0.1, 0.15) is 0 Å². The molecule has 3 N–H and O–H groups in total. The fourth-order valence-electron chi connectivity index (χ4n) is 3.21. The summed E-state index contributed by atoms with van der Waals surface area (Å²) < 4.78 is 0. The number of carbonyl (C=O) groups is 2. The molecule has 1 aromatic rings. The van der Waals surface area contributed by atoms with Crippen molar-refractivity contribution in [3.8, 4) is 0 Å². The molecule has 0 spiro atoms. The maximum Gasteiger partial charge on any atom is 0.279 e. The smallest absolute Gasteiger partial charge is 0.279 e. The number of nitrogens with one attached hydrogen (secondary N) is 3. The monoisotopic (exact) mass is 361 g/mol. The summed E-state index contributed by atoms with van der Waals surface area (Å²) in [6, 6.07) is 8.15. The van der Waals surface area contributed by atoms with Crippen LogP contribution < -0.4 is 20.4 Å². The molecule has 1 aliphatic heterocycles. The van der Waals surface area contributed by atoms with Crippen molar-refractivity contribution in [3.05, 3.63) is 24.3 Å². The summed E-state index contributed by atoms with van der Waals surface area (Å²) in [4.78, 5) is 27.2. The number of rotatable bonds is 7. The Morgan fingerprint density at radius 3 is 2.27 bits per heavy atom. The first-order valence-corrected chi connectivity index (χ1v) is 9.59. The first kappa shape index (κ1) is 20.2. The Morgan fingerprint density at radius 1 is 1.12 bits per heavy atom. The molecule has 0 aromatic heterocycles. The molecule has 144 valence electrons. The molecule has 1 atom stereocenters. The molecule has 0 saturated carbocycles. The predicted octanol–water partition coefficient (Wildman–Crippen LogP) is 0.901. The van der Waals surface area contributed by atoms with Crippen molar-refractivity contribution in [1.29, 1.82) is 0 Å². The first-order chi connectivity index (χ1) is 12.3. The quantitative estimate of drug-likeness (QED) is 0.676. The highest BCUT2D eigenvalue weighted by molar-refractivity contribution is 5.91. The van der Waals surface area contributed by atoms with E-state index in [9.17, 15) is 9.59 Å². The van der Waals surface area contributed by atoms with E-state index in [-0.39, 0.29) is 30.9 Å². The molecule has 1 saturated heterocycles. The Labute approximate surface area is 156 Å². The molecule has 26 heavy (non-hydrogen) atoms. The largest absolute Gasteiger partial charge is 0.372 e. The number of anilines is 2. The highest BCUT2D eigenvalue weighted by Gasteiger charge is 2.17. The van der Waals surface area contributed by atoms with Crippen LogP contribution in [0.3, 0.4) is 0 Å². The van der Waals surface area contributed by atoms with Crippen molar-refractivity contribution in [3.63, 3.8) is 0 Å². The lowest BCUT2D eigenvalue weighted by molar-refractivity contribution is -0.862. The van der Waals surface area contributed by atoms with Crippen LogP contribution in [0.1, 0.15) is 33.6 Å². The molecule has 1 aromatic carbocycles. The second-order valence-corrected chi connectivity index (χ2v) is 7.80. The maximum absolute atomic E-state index is 12.2. The van der Waals surface area contributed by atoms with Crippen LogP contribution in [0.25, 0.3) is 0 Å². The molecule has 2 amide bonds. The van der Waals surface area contributed by atoms with E-state index in [0.717, 1.165) is 29.6 Å². The van der Waals surface area contributed by atoms with Gasteiger partial charge in [0.25, 0.3) is 11.8 Å². The lowest BCUT2D eigenvalue weighted by Crippen LogP contribution is -3.11.